The molecule has 19 heavy (non-hydrogen) atoms. The zero-order valence-corrected chi connectivity index (χ0v) is 13.0. The highest BCUT2D eigenvalue weighted by Crippen LogP contribution is 2.20. The molecule has 0 aliphatic carbocycles. The molecule has 0 bridgehead atoms. The molecule has 2 nitrogen and oxygen atoms in total. The molecule has 0 saturated heterocycles. The molecule has 0 saturated carbocycles. The maximum atomic E-state index is 5.90. The Hall–Kier alpha value is -0.600. The molecule has 108 valence electrons. The molecule has 1 aromatic rings. The number of nitrogens with one attached hydrogen (secondary N) is 1. The van der Waals surface area contributed by atoms with Crippen LogP contribution in [0.1, 0.15) is 70.5 Å². The van der Waals surface area contributed by atoms with Gasteiger partial charge in [0.25, 0.3) is 0 Å². The summed E-state index contributed by atoms with van der Waals surface area (Å²) < 4.78 is 0. The molecule has 1 atom stereocenters. The van der Waals surface area contributed by atoms with E-state index in [-0.39, 0.29) is 0 Å². The Kier molecular flexibility index (Phi) is 8.85. The Bertz CT molecular complexity index is 324. The SMILES string of the molecule is CCCCCCCC(NCCC)c1ccc(Cl)cn1. The van der Waals surface area contributed by atoms with Gasteiger partial charge >= 0.3 is 0 Å². The number of hydrogen-bond donors (Lipinski definition) is 1. The van der Waals surface area contributed by atoms with Gasteiger partial charge in [0.2, 0.25) is 0 Å². The quantitative estimate of drug-likeness (QED) is 0.601. The van der Waals surface area contributed by atoms with Gasteiger partial charge in [-0.15, -0.1) is 0 Å². The Balaban J connectivity index is 2.44. The summed E-state index contributed by atoms with van der Waals surface area (Å²) in [5.41, 5.74) is 1.12. The molecule has 1 N–H and O–H groups in total. The van der Waals surface area contributed by atoms with Crippen LogP contribution in [-0.4, -0.2) is 11.5 Å². The highest BCUT2D eigenvalue weighted by atomic mass is 35.5. The van der Waals surface area contributed by atoms with Gasteiger partial charge in [-0.05, 0) is 31.5 Å². The van der Waals surface area contributed by atoms with Crippen LogP contribution in [-0.2, 0) is 0 Å². The van der Waals surface area contributed by atoms with Crippen LogP contribution in [0.4, 0.5) is 0 Å². The van der Waals surface area contributed by atoms with Crippen molar-refractivity contribution in [1.29, 1.82) is 0 Å². The molecular weight excluding hydrogens is 256 g/mol. The van der Waals surface area contributed by atoms with E-state index in [9.17, 15) is 0 Å². The molecule has 1 aromatic heterocycles. The Morgan fingerprint density at radius 1 is 1.11 bits per heavy atom. The van der Waals surface area contributed by atoms with Crippen LogP contribution in [0.2, 0.25) is 5.02 Å². The minimum absolute atomic E-state index is 0.374. The van der Waals surface area contributed by atoms with Gasteiger partial charge in [0.05, 0.1) is 10.7 Å². The highest BCUT2D eigenvalue weighted by Gasteiger charge is 2.11. The monoisotopic (exact) mass is 282 g/mol. The lowest BCUT2D eigenvalue weighted by Crippen LogP contribution is -2.23. The minimum atomic E-state index is 0.374. The third-order valence-electron chi connectivity index (χ3n) is 3.34. The number of nitrogens with zero attached hydrogens (tertiary/aromatic N) is 1. The fraction of sp³-hybridized carbons (Fsp3) is 0.688. The second-order valence-electron chi connectivity index (χ2n) is 5.11. The molecule has 1 rings (SSSR count). The van der Waals surface area contributed by atoms with Gasteiger partial charge in [0, 0.05) is 12.2 Å². The molecule has 0 aromatic carbocycles. The lowest BCUT2D eigenvalue weighted by Gasteiger charge is -2.18. The zero-order chi connectivity index (χ0) is 13.9. The smallest absolute Gasteiger partial charge is 0.0589 e. The van der Waals surface area contributed by atoms with Crippen LogP contribution in [0.5, 0.6) is 0 Å². The molecule has 0 aliphatic heterocycles. The number of rotatable bonds is 10. The van der Waals surface area contributed by atoms with Gasteiger partial charge in [-0.3, -0.25) is 4.98 Å². The normalized spacial score (nSPS) is 12.6. The first-order valence-corrected chi connectivity index (χ1v) is 8.00. The van der Waals surface area contributed by atoms with Gasteiger partial charge in [0.1, 0.15) is 0 Å². The first-order chi connectivity index (χ1) is 9.27. The highest BCUT2D eigenvalue weighted by molar-refractivity contribution is 6.30. The lowest BCUT2D eigenvalue weighted by molar-refractivity contribution is 0.460. The fourth-order valence-electron chi connectivity index (χ4n) is 2.22. The second-order valence-corrected chi connectivity index (χ2v) is 5.55. The summed E-state index contributed by atoms with van der Waals surface area (Å²) in [5.74, 6) is 0. The maximum Gasteiger partial charge on any atom is 0.0589 e. The predicted octanol–water partition coefficient (Wildman–Crippen LogP) is 5.14. The number of aromatic nitrogens is 1. The van der Waals surface area contributed by atoms with E-state index >= 15 is 0 Å². The number of pyridine rings is 1. The van der Waals surface area contributed by atoms with E-state index in [1.165, 1.54) is 38.5 Å². The molecule has 0 aliphatic rings. The van der Waals surface area contributed by atoms with E-state index in [4.69, 9.17) is 11.6 Å². The summed E-state index contributed by atoms with van der Waals surface area (Å²) in [5, 5.41) is 4.30. The third kappa shape index (κ3) is 6.93. The Morgan fingerprint density at radius 2 is 1.89 bits per heavy atom. The van der Waals surface area contributed by atoms with Crippen molar-refractivity contribution in [3.05, 3.63) is 29.0 Å². The van der Waals surface area contributed by atoms with Gasteiger partial charge in [0.15, 0.2) is 0 Å². The largest absolute Gasteiger partial charge is 0.309 e. The van der Waals surface area contributed by atoms with Crippen molar-refractivity contribution in [3.8, 4) is 0 Å². The summed E-state index contributed by atoms with van der Waals surface area (Å²) in [7, 11) is 0. The van der Waals surface area contributed by atoms with Gasteiger partial charge in [-0.2, -0.15) is 0 Å². The van der Waals surface area contributed by atoms with Gasteiger partial charge in [-0.25, -0.2) is 0 Å². The second kappa shape index (κ2) is 10.2. The van der Waals surface area contributed by atoms with Crippen molar-refractivity contribution >= 4 is 11.6 Å². The Morgan fingerprint density at radius 3 is 2.53 bits per heavy atom. The van der Waals surface area contributed by atoms with Crippen molar-refractivity contribution in [2.45, 2.75) is 64.8 Å². The van der Waals surface area contributed by atoms with Crippen LogP contribution < -0.4 is 5.32 Å². The summed E-state index contributed by atoms with van der Waals surface area (Å²) in [6, 6.07) is 4.35. The van der Waals surface area contributed by atoms with Crippen LogP contribution in [0, 0.1) is 0 Å². The van der Waals surface area contributed by atoms with E-state index in [0.717, 1.165) is 18.7 Å². The van der Waals surface area contributed by atoms with E-state index in [1.54, 1.807) is 6.20 Å². The van der Waals surface area contributed by atoms with Gasteiger partial charge in [-0.1, -0.05) is 57.6 Å². The third-order valence-corrected chi connectivity index (χ3v) is 3.57. The zero-order valence-electron chi connectivity index (χ0n) is 12.3. The van der Waals surface area contributed by atoms with E-state index in [1.807, 2.05) is 12.1 Å². The molecular formula is C16H27ClN2. The topological polar surface area (TPSA) is 24.9 Å². The van der Waals surface area contributed by atoms with Crippen LogP contribution in [0.25, 0.3) is 0 Å². The number of halogens is 1. The fourth-order valence-corrected chi connectivity index (χ4v) is 2.33. The van der Waals surface area contributed by atoms with Gasteiger partial charge < -0.3 is 5.32 Å². The average molecular weight is 283 g/mol. The van der Waals surface area contributed by atoms with E-state index in [0.29, 0.717) is 11.1 Å². The lowest BCUT2D eigenvalue weighted by atomic mass is 10.0. The molecule has 0 amide bonds. The summed E-state index contributed by atoms with van der Waals surface area (Å²) in [6.45, 7) is 5.49. The van der Waals surface area contributed by atoms with E-state index < -0.39 is 0 Å². The maximum absolute atomic E-state index is 5.90. The summed E-state index contributed by atoms with van der Waals surface area (Å²) >= 11 is 5.90. The molecule has 1 heterocycles. The molecule has 0 radical (unpaired) electrons. The van der Waals surface area contributed by atoms with Crippen LogP contribution >= 0.6 is 11.6 Å². The van der Waals surface area contributed by atoms with Crippen molar-refractivity contribution in [2.24, 2.45) is 0 Å². The summed E-state index contributed by atoms with van der Waals surface area (Å²) in [4.78, 5) is 4.45. The van der Waals surface area contributed by atoms with Crippen molar-refractivity contribution in [3.63, 3.8) is 0 Å². The molecule has 3 heteroatoms. The summed E-state index contributed by atoms with van der Waals surface area (Å²) in [6.07, 6.45) is 10.7. The molecule has 1 unspecified atom stereocenters. The average Bonchev–Trinajstić information content (AvgIpc) is 2.43. The predicted molar refractivity (Wildman–Crippen MR) is 83.7 cm³/mol. The van der Waals surface area contributed by atoms with Crippen molar-refractivity contribution < 1.29 is 0 Å². The van der Waals surface area contributed by atoms with Crippen molar-refractivity contribution in [1.82, 2.24) is 10.3 Å². The first kappa shape index (κ1) is 16.5. The number of unbranched alkanes of at least 4 members (excludes halogenated alkanes) is 4. The number of hydrogen-bond acceptors (Lipinski definition) is 2. The van der Waals surface area contributed by atoms with Crippen LogP contribution in [0.3, 0.4) is 0 Å². The Labute approximate surface area is 123 Å². The van der Waals surface area contributed by atoms with Crippen LogP contribution in [0.15, 0.2) is 18.3 Å². The minimum Gasteiger partial charge on any atom is -0.309 e. The van der Waals surface area contributed by atoms with Crippen molar-refractivity contribution in [2.75, 3.05) is 6.54 Å². The van der Waals surface area contributed by atoms with E-state index in [2.05, 4.69) is 24.1 Å². The standard InChI is InChI=1S/C16H27ClN2/c1-3-5-6-7-8-9-15(18-12-4-2)16-11-10-14(17)13-19-16/h10-11,13,15,18H,3-9,12H2,1-2H3. The first-order valence-electron chi connectivity index (χ1n) is 7.62. The molecule has 0 spiro atoms. The molecule has 0 fully saturated rings.